The predicted molar refractivity (Wildman–Crippen MR) is 94.6 cm³/mol. The van der Waals surface area contributed by atoms with Gasteiger partial charge in [0.1, 0.15) is 17.4 Å². The van der Waals surface area contributed by atoms with Crippen molar-refractivity contribution in [1.29, 1.82) is 0 Å². The molecular formula is C17H29NO6S. The quantitative estimate of drug-likeness (QED) is 0.742. The first kappa shape index (κ1) is 21.6. The maximum Gasteiger partial charge on any atom is 0.337 e. The summed E-state index contributed by atoms with van der Waals surface area (Å²) in [6.07, 6.45) is 1.21. The zero-order valence-electron chi connectivity index (χ0n) is 16.2. The number of rotatable bonds is 5. The molecule has 0 saturated heterocycles. The molecule has 0 radical (unpaired) electrons. The minimum Gasteiger partial charge on any atom is -0.459 e. The maximum atomic E-state index is 12.5. The van der Waals surface area contributed by atoms with Gasteiger partial charge in [0, 0.05) is 20.3 Å². The van der Waals surface area contributed by atoms with Gasteiger partial charge >= 0.3 is 11.9 Å². The average Bonchev–Trinajstić information content (AvgIpc) is 2.31. The molecule has 1 aliphatic rings. The number of nitrogens with one attached hydrogen (secondary N) is 1. The molecule has 0 saturated carbocycles. The largest absolute Gasteiger partial charge is 0.459 e. The summed E-state index contributed by atoms with van der Waals surface area (Å²) in [5.74, 6) is -1.96. The molecule has 0 aromatic heterocycles. The highest BCUT2D eigenvalue weighted by molar-refractivity contribution is 7.84. The molecule has 1 rings (SSSR count). The molecule has 0 amide bonds. The van der Waals surface area contributed by atoms with E-state index in [-0.39, 0.29) is 12.2 Å². The Morgan fingerprint density at radius 3 is 2.24 bits per heavy atom. The van der Waals surface area contributed by atoms with Crippen LogP contribution in [0, 0.1) is 0 Å². The number of hydrogen-bond donors (Lipinski definition) is 1. The van der Waals surface area contributed by atoms with Gasteiger partial charge in [-0.15, -0.1) is 0 Å². The van der Waals surface area contributed by atoms with E-state index in [1.165, 1.54) is 6.08 Å². The van der Waals surface area contributed by atoms with Gasteiger partial charge in [0.2, 0.25) is 5.79 Å². The Balaban J connectivity index is 3.00. The first-order valence-corrected chi connectivity index (χ1v) is 9.27. The fraction of sp³-hybridized carbons (Fsp3) is 0.765. The van der Waals surface area contributed by atoms with Crippen molar-refractivity contribution < 1.29 is 28.0 Å². The Kier molecular flexibility index (Phi) is 6.45. The second-order valence-corrected chi connectivity index (χ2v) is 10.3. The average molecular weight is 375 g/mol. The van der Waals surface area contributed by atoms with Crippen molar-refractivity contribution in [2.24, 2.45) is 0 Å². The van der Waals surface area contributed by atoms with Crippen molar-refractivity contribution in [3.05, 3.63) is 11.8 Å². The van der Waals surface area contributed by atoms with Crippen LogP contribution in [0.4, 0.5) is 0 Å². The second kappa shape index (κ2) is 7.45. The minimum atomic E-state index is -1.50. The first-order chi connectivity index (χ1) is 11.1. The third-order valence-corrected chi connectivity index (χ3v) is 4.52. The molecule has 7 nitrogen and oxygen atoms in total. The lowest BCUT2D eigenvalue weighted by molar-refractivity contribution is -0.206. The van der Waals surface area contributed by atoms with Gasteiger partial charge in [-0.05, 0) is 41.5 Å². The number of cyclic esters (lactones) is 1. The van der Waals surface area contributed by atoms with Crippen molar-refractivity contribution in [2.45, 2.75) is 84.0 Å². The van der Waals surface area contributed by atoms with E-state index in [0.29, 0.717) is 0 Å². The van der Waals surface area contributed by atoms with Crippen LogP contribution in [0.25, 0.3) is 0 Å². The summed E-state index contributed by atoms with van der Waals surface area (Å²) in [5, 5.41) is 0. The smallest absolute Gasteiger partial charge is 0.337 e. The highest BCUT2D eigenvalue weighted by Gasteiger charge is 2.35. The zero-order chi connectivity index (χ0) is 19.6. The second-order valence-electron chi connectivity index (χ2n) is 8.32. The van der Waals surface area contributed by atoms with Gasteiger partial charge in [0.15, 0.2) is 0 Å². The van der Waals surface area contributed by atoms with E-state index in [1.807, 2.05) is 0 Å². The molecule has 0 fully saturated rings. The minimum absolute atomic E-state index is 0.0231. The fourth-order valence-corrected chi connectivity index (χ4v) is 2.71. The van der Waals surface area contributed by atoms with Crippen LogP contribution in [0.15, 0.2) is 11.8 Å². The van der Waals surface area contributed by atoms with Crippen LogP contribution >= 0.6 is 0 Å². The lowest BCUT2D eigenvalue weighted by atomic mass is 10.1. The third kappa shape index (κ3) is 7.56. The van der Waals surface area contributed by atoms with Gasteiger partial charge in [0.05, 0.1) is 21.8 Å². The topological polar surface area (TPSA) is 90.9 Å². The van der Waals surface area contributed by atoms with Gasteiger partial charge in [-0.25, -0.2) is 13.7 Å². The standard InChI is InChI=1S/C17H29NO6S/c1-15(2,3)24-14(20)12(18-25(21)16(4,5)6)9-11-10-13(19)23-17(7,8)22-11/h10,12,18H,9H2,1-8H3/t12-,25-/m1/s1. The van der Waals surface area contributed by atoms with Crippen LogP contribution < -0.4 is 4.72 Å². The highest BCUT2D eigenvalue weighted by atomic mass is 32.2. The molecule has 8 heteroatoms. The molecule has 2 atom stereocenters. The molecule has 1 N–H and O–H groups in total. The monoisotopic (exact) mass is 375 g/mol. The Bertz CT molecular complexity index is 583. The summed E-state index contributed by atoms with van der Waals surface area (Å²) in [5.41, 5.74) is -0.694. The van der Waals surface area contributed by atoms with Crippen molar-refractivity contribution in [1.82, 2.24) is 4.72 Å². The van der Waals surface area contributed by atoms with E-state index in [0.717, 1.165) is 0 Å². The van der Waals surface area contributed by atoms with Gasteiger partial charge in [0.25, 0.3) is 0 Å². The molecule has 0 aromatic carbocycles. The molecule has 0 aromatic rings. The summed E-state index contributed by atoms with van der Waals surface area (Å²) in [6.45, 7) is 13.8. The van der Waals surface area contributed by atoms with Crippen LogP contribution in [0.5, 0.6) is 0 Å². The van der Waals surface area contributed by atoms with Crippen molar-refractivity contribution in [3.63, 3.8) is 0 Å². The number of ether oxygens (including phenoxy) is 3. The van der Waals surface area contributed by atoms with Crippen molar-refractivity contribution in [2.75, 3.05) is 0 Å². The van der Waals surface area contributed by atoms with Crippen molar-refractivity contribution >= 4 is 22.9 Å². The summed E-state index contributed by atoms with van der Waals surface area (Å²) in [6, 6.07) is -0.924. The van der Waals surface area contributed by atoms with E-state index in [4.69, 9.17) is 14.2 Å². The SMILES string of the molecule is CC(C)(C)OC(=O)[C@@H](CC1=CC(=O)OC(C)(C)O1)N[S@](=O)C(C)(C)C. The van der Waals surface area contributed by atoms with Crippen molar-refractivity contribution in [3.8, 4) is 0 Å². The summed E-state index contributed by atoms with van der Waals surface area (Å²) in [4.78, 5) is 24.2. The summed E-state index contributed by atoms with van der Waals surface area (Å²) >= 11 is 0. The Labute approximate surface area is 152 Å². The summed E-state index contributed by atoms with van der Waals surface area (Å²) in [7, 11) is -1.50. The van der Waals surface area contributed by atoms with Crippen LogP contribution in [-0.2, 0) is 34.8 Å². The zero-order valence-corrected chi connectivity index (χ0v) is 17.0. The molecule has 0 unspecified atom stereocenters. The van der Waals surface area contributed by atoms with Crippen LogP contribution in [-0.4, -0.2) is 38.3 Å². The lowest BCUT2D eigenvalue weighted by Gasteiger charge is -2.32. The predicted octanol–water partition coefficient (Wildman–Crippen LogP) is 2.33. The number of carbonyl (C=O) groups excluding carboxylic acids is 2. The Hall–Kier alpha value is -1.41. The molecule has 25 heavy (non-hydrogen) atoms. The summed E-state index contributed by atoms with van der Waals surface area (Å²) < 4.78 is 30.7. The molecular weight excluding hydrogens is 346 g/mol. The van der Waals surface area contributed by atoms with Crippen LogP contribution in [0.1, 0.15) is 61.8 Å². The van der Waals surface area contributed by atoms with Gasteiger partial charge < -0.3 is 14.2 Å². The van der Waals surface area contributed by atoms with Gasteiger partial charge in [-0.3, -0.25) is 4.79 Å². The van der Waals surface area contributed by atoms with E-state index < -0.39 is 45.1 Å². The third-order valence-electron chi connectivity index (χ3n) is 2.90. The number of carbonyl (C=O) groups is 2. The molecule has 0 aliphatic carbocycles. The highest BCUT2D eigenvalue weighted by Crippen LogP contribution is 2.26. The van der Waals surface area contributed by atoms with E-state index in [1.54, 1.807) is 55.4 Å². The normalized spacial score (nSPS) is 20.0. The van der Waals surface area contributed by atoms with E-state index in [2.05, 4.69) is 4.72 Å². The maximum absolute atomic E-state index is 12.5. The number of esters is 2. The molecule has 144 valence electrons. The Morgan fingerprint density at radius 2 is 1.80 bits per heavy atom. The van der Waals surface area contributed by atoms with Gasteiger partial charge in [-0.2, -0.15) is 0 Å². The van der Waals surface area contributed by atoms with Crippen LogP contribution in [0.2, 0.25) is 0 Å². The molecule has 1 heterocycles. The first-order valence-electron chi connectivity index (χ1n) is 8.12. The fourth-order valence-electron chi connectivity index (χ4n) is 1.92. The molecule has 0 spiro atoms. The lowest BCUT2D eigenvalue weighted by Crippen LogP contribution is -2.47. The van der Waals surface area contributed by atoms with Gasteiger partial charge in [-0.1, -0.05) is 0 Å². The molecule has 1 aliphatic heterocycles. The van der Waals surface area contributed by atoms with E-state index >= 15 is 0 Å². The van der Waals surface area contributed by atoms with Crippen LogP contribution in [0.3, 0.4) is 0 Å². The van der Waals surface area contributed by atoms with E-state index in [9.17, 15) is 13.8 Å². The molecule has 0 bridgehead atoms. The Morgan fingerprint density at radius 1 is 1.24 bits per heavy atom. The number of hydrogen-bond acceptors (Lipinski definition) is 6.